The van der Waals surface area contributed by atoms with E-state index in [1.54, 1.807) is 12.1 Å². The minimum absolute atomic E-state index is 0.0421. The third kappa shape index (κ3) is 6.63. The Morgan fingerprint density at radius 1 is 1.14 bits per heavy atom. The van der Waals surface area contributed by atoms with Gasteiger partial charge in [-0.05, 0) is 88.8 Å². The van der Waals surface area contributed by atoms with E-state index in [2.05, 4.69) is 20.2 Å². The topological polar surface area (TPSA) is 154 Å². The number of hydrogen-bond acceptors (Lipinski definition) is 9. The fourth-order valence-corrected chi connectivity index (χ4v) is 5.60. The van der Waals surface area contributed by atoms with Gasteiger partial charge in [-0.15, -0.1) is 0 Å². The van der Waals surface area contributed by atoms with Gasteiger partial charge in [-0.1, -0.05) is 17.7 Å². The Labute approximate surface area is 250 Å². The van der Waals surface area contributed by atoms with Crippen molar-refractivity contribution in [1.82, 2.24) is 25.1 Å². The van der Waals surface area contributed by atoms with Gasteiger partial charge in [-0.2, -0.15) is 0 Å². The molecule has 3 aromatic rings. The Hall–Kier alpha value is -4.48. The SMILES string of the molecule is Cc1ccc(OC[C@H](O)CNC(/C=C\N)=C(/C=O)c2nc3cc4c(cc3[nH]2)C(=O)N(CCCN2CCCC2)C4=O)c(C)c1. The first-order valence-electron chi connectivity index (χ1n) is 14.6. The molecule has 0 saturated carbocycles. The number of aliphatic hydroxyl groups excluding tert-OH is 1. The molecule has 2 amide bonds. The van der Waals surface area contributed by atoms with Gasteiger partial charge in [-0.25, -0.2) is 4.98 Å². The lowest BCUT2D eigenvalue weighted by atomic mass is 10.1. The number of aromatic nitrogens is 2. The monoisotopic (exact) mass is 586 g/mol. The molecule has 0 unspecified atom stereocenters. The molecule has 0 radical (unpaired) electrons. The predicted octanol–water partition coefficient (Wildman–Crippen LogP) is 2.67. The summed E-state index contributed by atoms with van der Waals surface area (Å²) in [4.78, 5) is 49.8. The summed E-state index contributed by atoms with van der Waals surface area (Å²) in [5, 5.41) is 13.6. The van der Waals surface area contributed by atoms with Crippen molar-refractivity contribution in [2.45, 2.75) is 39.2 Å². The standard InChI is InChI=1S/C32H38N6O5/c1-20-6-7-29(21(2)14-20)43-19-22(40)17-34-26(8-9-33)25(18-39)30-35-27-15-23-24(16-28(27)36-30)32(42)38(31(23)41)13-5-12-37-10-3-4-11-37/h6-9,14-16,18,22,34,40H,3-5,10-13,17,19,33H2,1-2H3,(H,35,36)/b9-8-,26-25-/t22-/m1/s1. The van der Waals surface area contributed by atoms with Crippen molar-refractivity contribution in [3.05, 3.63) is 76.4 Å². The number of benzene rings is 2. The van der Waals surface area contributed by atoms with E-state index in [4.69, 9.17) is 10.5 Å². The molecule has 43 heavy (non-hydrogen) atoms. The quantitative estimate of drug-likeness (QED) is 0.102. The maximum absolute atomic E-state index is 13.1. The van der Waals surface area contributed by atoms with Crippen molar-refractivity contribution in [3.8, 4) is 5.75 Å². The normalized spacial score (nSPS) is 16.7. The minimum atomic E-state index is -0.885. The number of allylic oxidation sites excluding steroid dienone is 2. The third-order valence-corrected chi connectivity index (χ3v) is 7.84. The van der Waals surface area contributed by atoms with Crippen LogP contribution in [0.25, 0.3) is 16.6 Å². The number of ether oxygens (including phenoxy) is 1. The molecule has 1 fully saturated rings. The minimum Gasteiger partial charge on any atom is -0.491 e. The number of hydrogen-bond donors (Lipinski definition) is 4. The van der Waals surface area contributed by atoms with Crippen LogP contribution in [-0.4, -0.2) is 88.4 Å². The highest BCUT2D eigenvalue weighted by Crippen LogP contribution is 2.29. The van der Waals surface area contributed by atoms with Crippen molar-refractivity contribution in [2.75, 3.05) is 39.3 Å². The van der Waals surface area contributed by atoms with Crippen molar-refractivity contribution >= 4 is 34.7 Å². The number of carbonyl (C=O) groups is 3. The van der Waals surface area contributed by atoms with Crippen LogP contribution in [0.1, 0.15) is 56.9 Å². The number of nitrogens with zero attached hydrogens (tertiary/aromatic N) is 3. The average Bonchev–Trinajstić information content (AvgIpc) is 3.71. The van der Waals surface area contributed by atoms with E-state index in [-0.39, 0.29) is 36.4 Å². The van der Waals surface area contributed by atoms with Gasteiger partial charge in [0.25, 0.3) is 11.8 Å². The summed E-state index contributed by atoms with van der Waals surface area (Å²) in [7, 11) is 0. The number of amides is 2. The summed E-state index contributed by atoms with van der Waals surface area (Å²) in [6, 6.07) is 9.02. The second-order valence-electron chi connectivity index (χ2n) is 11.1. The molecule has 5 N–H and O–H groups in total. The maximum atomic E-state index is 13.1. The van der Waals surface area contributed by atoms with Crippen LogP contribution in [0.15, 0.2) is 48.3 Å². The summed E-state index contributed by atoms with van der Waals surface area (Å²) in [6.07, 6.45) is 5.64. The van der Waals surface area contributed by atoms with E-state index < -0.39 is 6.10 Å². The molecule has 0 spiro atoms. The van der Waals surface area contributed by atoms with Gasteiger partial charge in [0.1, 0.15) is 24.3 Å². The van der Waals surface area contributed by atoms with E-state index in [1.807, 2.05) is 32.0 Å². The Bertz CT molecular complexity index is 1530. The molecule has 2 aliphatic rings. The molecule has 1 saturated heterocycles. The van der Waals surface area contributed by atoms with Crippen molar-refractivity contribution in [2.24, 2.45) is 5.73 Å². The highest BCUT2D eigenvalue weighted by atomic mass is 16.5. The van der Waals surface area contributed by atoms with Gasteiger partial charge in [0, 0.05) is 18.8 Å². The lowest BCUT2D eigenvalue weighted by Gasteiger charge is -2.17. The molecule has 1 aromatic heterocycles. The van der Waals surface area contributed by atoms with Crippen LogP contribution in [-0.2, 0) is 4.79 Å². The van der Waals surface area contributed by atoms with E-state index >= 15 is 0 Å². The molecule has 0 aliphatic carbocycles. The number of nitrogens with two attached hydrogens (primary N) is 1. The van der Waals surface area contributed by atoms with Crippen LogP contribution in [0.2, 0.25) is 0 Å². The van der Waals surface area contributed by atoms with Crippen LogP contribution < -0.4 is 15.8 Å². The number of rotatable bonds is 13. The van der Waals surface area contributed by atoms with Gasteiger partial charge in [-0.3, -0.25) is 19.3 Å². The summed E-state index contributed by atoms with van der Waals surface area (Å²) >= 11 is 0. The fraction of sp³-hybridized carbons (Fsp3) is 0.375. The number of imide groups is 1. The first-order valence-corrected chi connectivity index (χ1v) is 14.6. The summed E-state index contributed by atoms with van der Waals surface area (Å²) in [6.45, 7) is 7.43. The van der Waals surface area contributed by atoms with Crippen LogP contribution >= 0.6 is 0 Å². The molecule has 11 nitrogen and oxygen atoms in total. The van der Waals surface area contributed by atoms with Gasteiger partial charge in [0.05, 0.1) is 27.7 Å². The zero-order valence-electron chi connectivity index (χ0n) is 24.6. The molecular weight excluding hydrogens is 548 g/mol. The van der Waals surface area contributed by atoms with Gasteiger partial charge in [0.2, 0.25) is 0 Å². The number of H-pyrrole nitrogens is 1. The second-order valence-corrected chi connectivity index (χ2v) is 11.1. The average molecular weight is 587 g/mol. The molecule has 11 heteroatoms. The largest absolute Gasteiger partial charge is 0.491 e. The van der Waals surface area contributed by atoms with Gasteiger partial charge >= 0.3 is 0 Å². The summed E-state index contributed by atoms with van der Waals surface area (Å²) in [5.74, 6) is 0.269. The highest BCUT2D eigenvalue weighted by Gasteiger charge is 2.36. The number of aromatic amines is 1. The first-order chi connectivity index (χ1) is 20.8. The van der Waals surface area contributed by atoms with Crippen LogP contribution in [0, 0.1) is 13.8 Å². The van der Waals surface area contributed by atoms with Crippen LogP contribution in [0.5, 0.6) is 5.75 Å². The van der Waals surface area contributed by atoms with E-state index in [0.29, 0.717) is 46.4 Å². The fourth-order valence-electron chi connectivity index (χ4n) is 5.60. The molecule has 1 atom stereocenters. The van der Waals surface area contributed by atoms with E-state index in [1.165, 1.54) is 30.0 Å². The Kier molecular flexibility index (Phi) is 9.22. The Morgan fingerprint density at radius 3 is 2.58 bits per heavy atom. The highest BCUT2D eigenvalue weighted by molar-refractivity contribution is 6.23. The molecule has 226 valence electrons. The van der Waals surface area contributed by atoms with E-state index in [0.717, 1.165) is 37.2 Å². The van der Waals surface area contributed by atoms with Gasteiger partial charge < -0.3 is 30.8 Å². The number of imidazole rings is 1. The number of aldehydes is 1. The third-order valence-electron chi connectivity index (χ3n) is 7.84. The van der Waals surface area contributed by atoms with Crippen LogP contribution in [0.3, 0.4) is 0 Å². The number of aliphatic hydroxyl groups is 1. The Morgan fingerprint density at radius 2 is 1.88 bits per heavy atom. The second kappa shape index (κ2) is 13.2. The molecule has 2 aliphatic heterocycles. The van der Waals surface area contributed by atoms with E-state index in [9.17, 15) is 19.5 Å². The zero-order valence-corrected chi connectivity index (χ0v) is 24.6. The van der Waals surface area contributed by atoms with Crippen molar-refractivity contribution < 1.29 is 24.2 Å². The number of aryl methyl sites for hydroxylation is 2. The number of fused-ring (bicyclic) bond motifs is 2. The van der Waals surface area contributed by atoms with Crippen LogP contribution in [0.4, 0.5) is 0 Å². The Balaban J connectivity index is 1.28. The predicted molar refractivity (Wildman–Crippen MR) is 163 cm³/mol. The number of carbonyl (C=O) groups excluding carboxylic acids is 3. The smallest absolute Gasteiger partial charge is 0.261 e. The first kappa shape index (κ1) is 30.0. The molecule has 0 bridgehead atoms. The number of likely N-dealkylation sites (tertiary alicyclic amines) is 1. The molecular formula is C32H38N6O5. The summed E-state index contributed by atoms with van der Waals surface area (Å²) in [5.41, 5.74) is 9.85. The lowest BCUT2D eigenvalue weighted by molar-refractivity contribution is -0.103. The summed E-state index contributed by atoms with van der Waals surface area (Å²) < 4.78 is 5.77. The van der Waals surface area contributed by atoms with Crippen molar-refractivity contribution in [3.63, 3.8) is 0 Å². The molecule has 2 aromatic carbocycles. The number of nitrogens with one attached hydrogen (secondary N) is 2. The molecule has 3 heterocycles. The van der Waals surface area contributed by atoms with Gasteiger partial charge in [0.15, 0.2) is 6.29 Å². The lowest BCUT2D eigenvalue weighted by Crippen LogP contribution is -2.33. The zero-order chi connectivity index (χ0) is 30.5. The molecule has 5 rings (SSSR count). The van der Waals surface area contributed by atoms with Crippen molar-refractivity contribution in [1.29, 1.82) is 0 Å². The maximum Gasteiger partial charge on any atom is 0.261 e.